The molecule has 0 bridgehead atoms. The normalized spacial score (nSPS) is 22.1. The molecule has 0 aliphatic carbocycles. The molecule has 0 saturated carbocycles. The third kappa shape index (κ3) is 4.46. The summed E-state index contributed by atoms with van der Waals surface area (Å²) in [6.07, 6.45) is 3.10. The number of hydrogen-bond acceptors (Lipinski definition) is 3. The minimum absolute atomic E-state index is 0.0673. The number of ether oxygens (including phenoxy) is 2. The fraction of sp³-hybridized carbons (Fsp3) is 0.900. The van der Waals surface area contributed by atoms with Gasteiger partial charge in [-0.25, -0.2) is 4.79 Å². The fourth-order valence-electron chi connectivity index (χ4n) is 1.42. The molecule has 1 heterocycles. The molecule has 1 fully saturated rings. The number of alkyl carbamates (subject to hydrolysis) is 1. The van der Waals surface area contributed by atoms with Gasteiger partial charge in [-0.1, -0.05) is 0 Å². The average Bonchev–Trinajstić information content (AvgIpc) is 2.15. The summed E-state index contributed by atoms with van der Waals surface area (Å²) in [4.78, 5) is 11.1. The van der Waals surface area contributed by atoms with Gasteiger partial charge in [-0.2, -0.15) is 0 Å². The lowest BCUT2D eigenvalue weighted by atomic mass is 10.1. The topological polar surface area (TPSA) is 47.6 Å². The highest BCUT2D eigenvalue weighted by atomic mass is 16.6. The van der Waals surface area contributed by atoms with Gasteiger partial charge in [-0.15, -0.1) is 0 Å². The molecule has 4 heteroatoms. The molecular weight excluding hydrogens is 182 g/mol. The van der Waals surface area contributed by atoms with Gasteiger partial charge in [0.15, 0.2) is 0 Å². The molecule has 1 rings (SSSR count). The van der Waals surface area contributed by atoms with Crippen molar-refractivity contribution in [2.75, 3.05) is 13.2 Å². The number of hydrogen-bond donors (Lipinski definition) is 1. The number of carbonyl (C=O) groups excluding carboxylic acids is 1. The highest BCUT2D eigenvalue weighted by Crippen LogP contribution is 2.11. The van der Waals surface area contributed by atoms with Gasteiger partial charge in [-0.3, -0.25) is 0 Å². The second-order valence-electron chi connectivity index (χ2n) is 3.82. The molecule has 1 aliphatic heterocycles. The molecule has 1 saturated heterocycles. The first-order chi connectivity index (χ1) is 6.68. The Balaban J connectivity index is 2.09. The first kappa shape index (κ1) is 11.3. The summed E-state index contributed by atoms with van der Waals surface area (Å²) >= 11 is 0. The van der Waals surface area contributed by atoms with Gasteiger partial charge < -0.3 is 14.8 Å². The molecule has 82 valence electrons. The highest BCUT2D eigenvalue weighted by Gasteiger charge is 2.15. The summed E-state index contributed by atoms with van der Waals surface area (Å²) in [7, 11) is 0. The Morgan fingerprint density at radius 1 is 1.57 bits per heavy atom. The maximum Gasteiger partial charge on any atom is 0.407 e. The molecule has 14 heavy (non-hydrogen) atoms. The Bertz CT molecular complexity index is 176. The molecule has 0 aromatic heterocycles. The van der Waals surface area contributed by atoms with Crippen molar-refractivity contribution in [1.29, 1.82) is 0 Å². The predicted octanol–water partition coefficient (Wildman–Crippen LogP) is 1.69. The molecule has 0 spiro atoms. The third-order valence-electron chi connectivity index (χ3n) is 2.09. The summed E-state index contributed by atoms with van der Waals surface area (Å²) < 4.78 is 10.4. The van der Waals surface area contributed by atoms with E-state index < -0.39 is 0 Å². The maximum absolute atomic E-state index is 11.1. The first-order valence-electron chi connectivity index (χ1n) is 5.24. The van der Waals surface area contributed by atoms with E-state index in [0.29, 0.717) is 6.54 Å². The van der Waals surface area contributed by atoms with Crippen molar-refractivity contribution in [1.82, 2.24) is 5.32 Å². The van der Waals surface area contributed by atoms with Gasteiger partial charge >= 0.3 is 6.09 Å². The van der Waals surface area contributed by atoms with Gasteiger partial charge in [0.1, 0.15) is 0 Å². The van der Waals surface area contributed by atoms with Gasteiger partial charge in [-0.05, 0) is 33.1 Å². The second-order valence-corrected chi connectivity index (χ2v) is 3.82. The number of carbonyl (C=O) groups is 1. The molecule has 1 atom stereocenters. The monoisotopic (exact) mass is 201 g/mol. The fourth-order valence-corrected chi connectivity index (χ4v) is 1.42. The van der Waals surface area contributed by atoms with E-state index >= 15 is 0 Å². The van der Waals surface area contributed by atoms with Gasteiger partial charge in [0.25, 0.3) is 0 Å². The van der Waals surface area contributed by atoms with E-state index in [2.05, 4.69) is 5.32 Å². The Kier molecular flexibility index (Phi) is 4.73. The lowest BCUT2D eigenvalue weighted by molar-refractivity contribution is 0.0155. The maximum atomic E-state index is 11.1. The van der Waals surface area contributed by atoms with Crippen LogP contribution in [0.15, 0.2) is 0 Å². The van der Waals surface area contributed by atoms with E-state index in [0.717, 1.165) is 19.4 Å². The van der Waals surface area contributed by atoms with Crippen molar-refractivity contribution in [2.45, 2.75) is 45.3 Å². The number of amides is 1. The van der Waals surface area contributed by atoms with Crippen LogP contribution in [0.1, 0.15) is 33.1 Å². The summed E-state index contributed by atoms with van der Waals surface area (Å²) in [6, 6.07) is 0. The van der Waals surface area contributed by atoms with Crippen molar-refractivity contribution in [2.24, 2.45) is 0 Å². The highest BCUT2D eigenvalue weighted by molar-refractivity contribution is 5.67. The average molecular weight is 201 g/mol. The minimum atomic E-state index is -0.353. The van der Waals surface area contributed by atoms with Crippen LogP contribution < -0.4 is 5.32 Å². The van der Waals surface area contributed by atoms with Crippen LogP contribution in [-0.4, -0.2) is 31.5 Å². The van der Waals surface area contributed by atoms with Crippen molar-refractivity contribution in [3.63, 3.8) is 0 Å². The van der Waals surface area contributed by atoms with E-state index in [1.54, 1.807) is 0 Å². The van der Waals surface area contributed by atoms with Gasteiger partial charge in [0, 0.05) is 13.2 Å². The molecule has 1 amide bonds. The zero-order chi connectivity index (χ0) is 10.4. The second kappa shape index (κ2) is 5.86. The van der Waals surface area contributed by atoms with Crippen LogP contribution in [0.3, 0.4) is 0 Å². The van der Waals surface area contributed by atoms with Crippen molar-refractivity contribution in [3.05, 3.63) is 0 Å². The molecule has 1 aliphatic rings. The van der Waals surface area contributed by atoms with Crippen molar-refractivity contribution in [3.8, 4) is 0 Å². The van der Waals surface area contributed by atoms with Crippen LogP contribution >= 0.6 is 0 Å². The standard InChI is InChI=1S/C10H19NO3/c1-8(2)14-10(12)11-7-9-5-3-4-6-13-9/h8-9H,3-7H2,1-2H3,(H,11,12). The molecule has 1 unspecified atom stereocenters. The number of rotatable bonds is 3. The molecule has 1 N–H and O–H groups in total. The summed E-state index contributed by atoms with van der Waals surface area (Å²) in [5.74, 6) is 0. The summed E-state index contributed by atoms with van der Waals surface area (Å²) in [5, 5.41) is 2.70. The largest absolute Gasteiger partial charge is 0.447 e. The van der Waals surface area contributed by atoms with E-state index in [9.17, 15) is 4.79 Å². The Morgan fingerprint density at radius 2 is 2.36 bits per heavy atom. The lowest BCUT2D eigenvalue weighted by Crippen LogP contribution is -2.36. The zero-order valence-corrected chi connectivity index (χ0v) is 8.91. The van der Waals surface area contributed by atoms with E-state index in [1.165, 1.54) is 6.42 Å². The molecule has 0 aromatic rings. The van der Waals surface area contributed by atoms with Gasteiger partial charge in [0.2, 0.25) is 0 Å². The first-order valence-corrected chi connectivity index (χ1v) is 5.24. The molecule has 0 aromatic carbocycles. The van der Waals surface area contributed by atoms with Crippen LogP contribution in [0.2, 0.25) is 0 Å². The summed E-state index contributed by atoms with van der Waals surface area (Å²) in [6.45, 7) is 5.03. The molecular formula is C10H19NO3. The summed E-state index contributed by atoms with van der Waals surface area (Å²) in [5.41, 5.74) is 0. The van der Waals surface area contributed by atoms with Crippen molar-refractivity contribution >= 4 is 6.09 Å². The SMILES string of the molecule is CC(C)OC(=O)NCC1CCCCO1. The number of nitrogens with one attached hydrogen (secondary N) is 1. The quantitative estimate of drug-likeness (QED) is 0.755. The predicted molar refractivity (Wildman–Crippen MR) is 53.2 cm³/mol. The Labute approximate surface area is 85.0 Å². The lowest BCUT2D eigenvalue weighted by Gasteiger charge is -2.22. The zero-order valence-electron chi connectivity index (χ0n) is 8.91. The van der Waals surface area contributed by atoms with Crippen molar-refractivity contribution < 1.29 is 14.3 Å². The smallest absolute Gasteiger partial charge is 0.407 e. The van der Waals surface area contributed by atoms with Crippen LogP contribution in [0.5, 0.6) is 0 Å². The third-order valence-corrected chi connectivity index (χ3v) is 2.09. The van der Waals surface area contributed by atoms with Crippen LogP contribution in [-0.2, 0) is 9.47 Å². The van der Waals surface area contributed by atoms with E-state index in [1.807, 2.05) is 13.8 Å². The Morgan fingerprint density at radius 3 is 2.93 bits per heavy atom. The van der Waals surface area contributed by atoms with Crippen LogP contribution in [0.25, 0.3) is 0 Å². The Hall–Kier alpha value is -0.770. The molecule has 0 radical (unpaired) electrons. The van der Waals surface area contributed by atoms with E-state index in [4.69, 9.17) is 9.47 Å². The van der Waals surface area contributed by atoms with Crippen LogP contribution in [0, 0.1) is 0 Å². The van der Waals surface area contributed by atoms with E-state index in [-0.39, 0.29) is 18.3 Å². The minimum Gasteiger partial charge on any atom is -0.447 e. The molecule has 4 nitrogen and oxygen atoms in total. The van der Waals surface area contributed by atoms with Gasteiger partial charge in [0.05, 0.1) is 12.2 Å². The van der Waals surface area contributed by atoms with Crippen LogP contribution in [0.4, 0.5) is 4.79 Å².